The third-order valence-electron chi connectivity index (χ3n) is 5.39. The molecule has 26 heavy (non-hydrogen) atoms. The number of para-hydroxylation sites is 1. The number of carbonyl (C=O) groups is 1. The summed E-state index contributed by atoms with van der Waals surface area (Å²) >= 11 is 0. The van der Waals surface area contributed by atoms with Gasteiger partial charge in [-0.1, -0.05) is 25.1 Å². The van der Waals surface area contributed by atoms with Crippen LogP contribution in [0.2, 0.25) is 0 Å². The Balaban J connectivity index is 1.45. The quantitative estimate of drug-likeness (QED) is 0.760. The van der Waals surface area contributed by atoms with E-state index in [1.807, 2.05) is 6.07 Å². The first kappa shape index (κ1) is 19.2. The van der Waals surface area contributed by atoms with Crippen molar-refractivity contribution in [1.29, 1.82) is 0 Å². The predicted molar refractivity (Wildman–Crippen MR) is 104 cm³/mol. The van der Waals surface area contributed by atoms with Crippen molar-refractivity contribution in [3.05, 3.63) is 29.8 Å². The number of benzene rings is 1. The summed E-state index contributed by atoms with van der Waals surface area (Å²) in [7, 11) is 0. The Morgan fingerprint density at radius 3 is 2.96 bits per heavy atom. The second-order valence-electron chi connectivity index (χ2n) is 7.73. The molecule has 2 aliphatic rings. The summed E-state index contributed by atoms with van der Waals surface area (Å²) < 4.78 is 6.11. The first-order chi connectivity index (χ1) is 12.7. The molecular weight excluding hydrogens is 326 g/mol. The average molecular weight is 360 g/mol. The van der Waals surface area contributed by atoms with Gasteiger partial charge in [0.25, 0.3) is 0 Å². The van der Waals surface area contributed by atoms with Gasteiger partial charge in [0, 0.05) is 51.3 Å². The minimum absolute atomic E-state index is 0.157. The molecule has 1 amide bonds. The zero-order valence-corrected chi connectivity index (χ0v) is 16.1. The van der Waals surface area contributed by atoms with Crippen molar-refractivity contribution in [2.75, 3.05) is 45.9 Å². The summed E-state index contributed by atoms with van der Waals surface area (Å²) in [6, 6.07) is 8.32. The van der Waals surface area contributed by atoms with Gasteiger partial charge in [-0.2, -0.15) is 0 Å². The summed E-state index contributed by atoms with van der Waals surface area (Å²) in [6.45, 7) is 10.0. The number of ether oxygens (including phenoxy) is 1. The lowest BCUT2D eigenvalue weighted by Crippen LogP contribution is -2.35. The SMILES string of the molecule is C[C@@H]1CCCN(CCCOc2ccccc2CN2CCNC(=O)CC2)C1. The third kappa shape index (κ3) is 5.99. The van der Waals surface area contributed by atoms with Crippen LogP contribution in [0.1, 0.15) is 38.2 Å². The molecule has 0 bridgehead atoms. The van der Waals surface area contributed by atoms with Crippen LogP contribution in [0.4, 0.5) is 0 Å². The molecule has 0 unspecified atom stereocenters. The van der Waals surface area contributed by atoms with Gasteiger partial charge in [0.2, 0.25) is 5.91 Å². The van der Waals surface area contributed by atoms with Gasteiger partial charge >= 0.3 is 0 Å². The van der Waals surface area contributed by atoms with Crippen molar-refractivity contribution < 1.29 is 9.53 Å². The van der Waals surface area contributed by atoms with Crippen LogP contribution in [0.3, 0.4) is 0 Å². The van der Waals surface area contributed by atoms with Gasteiger partial charge in [-0.3, -0.25) is 9.69 Å². The number of likely N-dealkylation sites (tertiary alicyclic amines) is 1. The maximum atomic E-state index is 11.5. The van der Waals surface area contributed by atoms with Crippen LogP contribution in [0, 0.1) is 5.92 Å². The molecule has 0 aromatic heterocycles. The molecule has 1 aromatic carbocycles. The van der Waals surface area contributed by atoms with E-state index < -0.39 is 0 Å². The highest BCUT2D eigenvalue weighted by molar-refractivity contribution is 5.76. The second-order valence-corrected chi connectivity index (χ2v) is 7.73. The Morgan fingerprint density at radius 2 is 2.08 bits per heavy atom. The molecule has 0 saturated carbocycles. The van der Waals surface area contributed by atoms with Crippen LogP contribution in [-0.4, -0.2) is 61.6 Å². The van der Waals surface area contributed by atoms with E-state index in [0.717, 1.165) is 57.4 Å². The van der Waals surface area contributed by atoms with Crippen LogP contribution in [0.5, 0.6) is 5.75 Å². The molecule has 1 atom stereocenters. The lowest BCUT2D eigenvalue weighted by atomic mass is 10.0. The Labute approximate surface area is 157 Å². The fourth-order valence-corrected chi connectivity index (χ4v) is 3.95. The van der Waals surface area contributed by atoms with Crippen LogP contribution < -0.4 is 10.1 Å². The van der Waals surface area contributed by atoms with E-state index >= 15 is 0 Å². The molecule has 0 radical (unpaired) electrons. The van der Waals surface area contributed by atoms with Gasteiger partial charge in [-0.25, -0.2) is 0 Å². The average Bonchev–Trinajstić information content (AvgIpc) is 2.84. The van der Waals surface area contributed by atoms with E-state index in [1.165, 1.54) is 31.5 Å². The number of amides is 1. The molecule has 3 rings (SSSR count). The molecule has 5 heteroatoms. The number of hydrogen-bond acceptors (Lipinski definition) is 4. The van der Waals surface area contributed by atoms with E-state index in [4.69, 9.17) is 4.74 Å². The topological polar surface area (TPSA) is 44.8 Å². The van der Waals surface area contributed by atoms with Crippen molar-refractivity contribution >= 4 is 5.91 Å². The second kappa shape index (κ2) is 9.93. The molecule has 0 spiro atoms. The monoisotopic (exact) mass is 359 g/mol. The molecule has 144 valence electrons. The predicted octanol–water partition coefficient (Wildman–Crippen LogP) is 2.51. The Bertz CT molecular complexity index is 578. The van der Waals surface area contributed by atoms with Crippen molar-refractivity contribution in [3.8, 4) is 5.75 Å². The molecule has 1 N–H and O–H groups in total. The number of nitrogens with zero attached hydrogens (tertiary/aromatic N) is 2. The Hall–Kier alpha value is -1.59. The van der Waals surface area contributed by atoms with Gasteiger partial charge in [0.15, 0.2) is 0 Å². The zero-order chi connectivity index (χ0) is 18.2. The number of rotatable bonds is 7. The summed E-state index contributed by atoms with van der Waals surface area (Å²) in [6.07, 6.45) is 4.36. The first-order valence-corrected chi connectivity index (χ1v) is 10.1. The van der Waals surface area contributed by atoms with Crippen LogP contribution in [0.25, 0.3) is 0 Å². The van der Waals surface area contributed by atoms with Gasteiger partial charge in [-0.05, 0) is 37.8 Å². The largest absolute Gasteiger partial charge is 0.493 e. The van der Waals surface area contributed by atoms with Gasteiger partial charge in [0.05, 0.1) is 6.61 Å². The lowest BCUT2D eigenvalue weighted by molar-refractivity contribution is -0.120. The minimum Gasteiger partial charge on any atom is -0.493 e. The van der Waals surface area contributed by atoms with Crippen LogP contribution in [0.15, 0.2) is 24.3 Å². The molecule has 2 aliphatic heterocycles. The van der Waals surface area contributed by atoms with E-state index in [0.29, 0.717) is 6.42 Å². The summed E-state index contributed by atoms with van der Waals surface area (Å²) in [4.78, 5) is 16.4. The molecule has 5 nitrogen and oxygen atoms in total. The number of nitrogens with one attached hydrogen (secondary N) is 1. The van der Waals surface area contributed by atoms with Crippen molar-refractivity contribution in [2.45, 2.75) is 39.2 Å². The molecular formula is C21H33N3O2. The van der Waals surface area contributed by atoms with E-state index in [2.05, 4.69) is 40.2 Å². The smallest absolute Gasteiger partial charge is 0.221 e. The standard InChI is InChI=1S/C21H33N3O2/c1-18-6-4-11-23(16-18)12-5-15-26-20-8-3-2-7-19(20)17-24-13-9-21(25)22-10-14-24/h2-3,7-8,18H,4-6,9-17H2,1H3,(H,22,25)/t18-/m1/s1. The van der Waals surface area contributed by atoms with Crippen LogP contribution in [-0.2, 0) is 11.3 Å². The molecule has 2 heterocycles. The maximum Gasteiger partial charge on any atom is 0.221 e. The zero-order valence-electron chi connectivity index (χ0n) is 16.1. The highest BCUT2D eigenvalue weighted by Gasteiger charge is 2.17. The van der Waals surface area contributed by atoms with Crippen molar-refractivity contribution in [3.63, 3.8) is 0 Å². The van der Waals surface area contributed by atoms with Gasteiger partial charge < -0.3 is 15.0 Å². The highest BCUT2D eigenvalue weighted by atomic mass is 16.5. The van der Waals surface area contributed by atoms with Gasteiger partial charge in [-0.15, -0.1) is 0 Å². The van der Waals surface area contributed by atoms with Gasteiger partial charge in [0.1, 0.15) is 5.75 Å². The van der Waals surface area contributed by atoms with E-state index in [1.54, 1.807) is 0 Å². The summed E-state index contributed by atoms with van der Waals surface area (Å²) in [5.74, 6) is 1.98. The Kier molecular flexibility index (Phi) is 7.32. The Morgan fingerprint density at radius 1 is 1.19 bits per heavy atom. The lowest BCUT2D eigenvalue weighted by Gasteiger charge is -2.30. The molecule has 0 aliphatic carbocycles. The summed E-state index contributed by atoms with van der Waals surface area (Å²) in [5.41, 5.74) is 1.22. The molecule has 2 fully saturated rings. The van der Waals surface area contributed by atoms with E-state index in [9.17, 15) is 4.79 Å². The van der Waals surface area contributed by atoms with Crippen molar-refractivity contribution in [1.82, 2.24) is 15.1 Å². The third-order valence-corrected chi connectivity index (χ3v) is 5.39. The fraction of sp³-hybridized carbons (Fsp3) is 0.667. The minimum atomic E-state index is 0.157. The molecule has 1 aromatic rings. The van der Waals surface area contributed by atoms with Crippen LogP contribution >= 0.6 is 0 Å². The van der Waals surface area contributed by atoms with Crippen molar-refractivity contribution in [2.24, 2.45) is 5.92 Å². The first-order valence-electron chi connectivity index (χ1n) is 10.1. The number of piperidine rings is 1. The number of hydrogen-bond donors (Lipinski definition) is 1. The van der Waals surface area contributed by atoms with E-state index in [-0.39, 0.29) is 5.91 Å². The fourth-order valence-electron chi connectivity index (χ4n) is 3.95. The number of carbonyl (C=O) groups excluding carboxylic acids is 1. The highest BCUT2D eigenvalue weighted by Crippen LogP contribution is 2.21. The maximum absolute atomic E-state index is 11.5. The summed E-state index contributed by atoms with van der Waals surface area (Å²) in [5, 5.41) is 2.93. The normalized spacial score (nSPS) is 22.7. The molecule has 2 saturated heterocycles.